The summed E-state index contributed by atoms with van der Waals surface area (Å²) >= 11 is 0. The maximum Gasteiger partial charge on any atom is 0.192 e. The molecule has 2 aliphatic carbocycles. The van der Waals surface area contributed by atoms with Crippen molar-refractivity contribution in [2.45, 2.75) is 90.0 Å². The monoisotopic (exact) mass is 472 g/mol. The van der Waals surface area contributed by atoms with E-state index in [0.717, 1.165) is 11.1 Å². The normalized spacial score (nSPS) is 26.7. The Bertz CT molecular complexity index is 859. The topological polar surface area (TPSA) is 52.6 Å². The van der Waals surface area contributed by atoms with Crippen molar-refractivity contribution >= 4 is 28.2 Å². The van der Waals surface area contributed by atoms with Gasteiger partial charge in [-0.05, 0) is 59.5 Å². The minimum absolute atomic E-state index is 0.0104. The van der Waals surface area contributed by atoms with E-state index in [1.165, 1.54) is 12.2 Å². The van der Waals surface area contributed by atoms with Crippen molar-refractivity contribution in [2.24, 2.45) is 11.8 Å². The first kappa shape index (κ1) is 25.3. The van der Waals surface area contributed by atoms with Crippen LogP contribution in [-0.2, 0) is 18.4 Å². The van der Waals surface area contributed by atoms with Crippen LogP contribution >= 0.6 is 0 Å². The Morgan fingerprint density at radius 2 is 0.969 bits per heavy atom. The first-order valence-corrected chi connectivity index (χ1v) is 17.5. The summed E-state index contributed by atoms with van der Waals surface area (Å²) in [5.74, 6) is -1.16. The van der Waals surface area contributed by atoms with Gasteiger partial charge in [-0.15, -0.1) is 0 Å². The molecule has 6 heteroatoms. The molecule has 0 radical (unpaired) electrons. The van der Waals surface area contributed by atoms with E-state index in [1.807, 2.05) is 12.1 Å². The van der Waals surface area contributed by atoms with E-state index in [1.54, 1.807) is 0 Å². The Morgan fingerprint density at radius 1 is 0.656 bits per heavy atom. The van der Waals surface area contributed by atoms with Crippen molar-refractivity contribution in [3.63, 3.8) is 0 Å². The van der Waals surface area contributed by atoms with Gasteiger partial charge in [-0.25, -0.2) is 0 Å². The zero-order valence-electron chi connectivity index (χ0n) is 21.4. The summed E-state index contributed by atoms with van der Waals surface area (Å²) in [6.07, 6.45) is 2.03. The third-order valence-electron chi connectivity index (χ3n) is 8.17. The predicted molar refractivity (Wildman–Crippen MR) is 135 cm³/mol. The molecule has 0 N–H and O–H groups in total. The Labute approximate surface area is 196 Å². The van der Waals surface area contributed by atoms with Gasteiger partial charge in [-0.1, -0.05) is 65.8 Å². The molecule has 1 aromatic rings. The highest BCUT2D eigenvalue weighted by Crippen LogP contribution is 2.54. The third kappa shape index (κ3) is 4.39. The van der Waals surface area contributed by atoms with Crippen LogP contribution in [0.2, 0.25) is 36.3 Å². The third-order valence-corrected chi connectivity index (χ3v) is 17.1. The first-order chi connectivity index (χ1) is 14.5. The molecule has 4 nitrogen and oxygen atoms in total. The van der Waals surface area contributed by atoms with Crippen molar-refractivity contribution in [3.8, 4) is 0 Å². The molecule has 0 aromatic heterocycles. The molecule has 0 spiro atoms. The SMILES string of the molecule is CC(C)(C)[Si](C)(C)O[C@@H]1c2ccccc2[C@H](O[Si](C)(C)C(C)(C)C)[C@@H]2C(=O)C=CC(=O)[C@@H]21. The van der Waals surface area contributed by atoms with Gasteiger partial charge in [-0.3, -0.25) is 9.59 Å². The molecule has 4 atom stereocenters. The van der Waals surface area contributed by atoms with Crippen LogP contribution in [0.3, 0.4) is 0 Å². The molecule has 32 heavy (non-hydrogen) atoms. The molecule has 2 aliphatic rings. The van der Waals surface area contributed by atoms with Gasteiger partial charge < -0.3 is 8.85 Å². The standard InChI is InChI=1S/C26H40O4Si2/c1-25(2,3)31(7,8)29-23-17-13-11-12-14-18(17)24(30-32(9,10)26(4,5)6)22-20(28)16-15-19(27)21(22)23/h11-16,21-24H,1-10H3/t21-,22+,23+,24-. The second-order valence-electron chi connectivity index (χ2n) is 12.4. The number of ketones is 2. The van der Waals surface area contributed by atoms with Crippen molar-refractivity contribution < 1.29 is 18.4 Å². The zero-order chi connectivity index (χ0) is 24.3. The summed E-state index contributed by atoms with van der Waals surface area (Å²) in [6.45, 7) is 22.0. The summed E-state index contributed by atoms with van der Waals surface area (Å²) in [6, 6.07) is 8.11. The lowest BCUT2D eigenvalue weighted by atomic mass is 9.66. The molecule has 0 amide bonds. The van der Waals surface area contributed by atoms with Crippen LogP contribution in [0.25, 0.3) is 0 Å². The predicted octanol–water partition coefficient (Wildman–Crippen LogP) is 6.77. The van der Waals surface area contributed by atoms with Crippen LogP contribution in [-0.4, -0.2) is 28.2 Å². The minimum atomic E-state index is -2.21. The summed E-state index contributed by atoms with van der Waals surface area (Å²) in [5, 5.41) is -0.0209. The van der Waals surface area contributed by atoms with Crippen molar-refractivity contribution in [1.82, 2.24) is 0 Å². The summed E-state index contributed by atoms with van der Waals surface area (Å²) < 4.78 is 13.8. The van der Waals surface area contributed by atoms with Crippen LogP contribution in [0.1, 0.15) is 64.9 Å². The molecule has 3 rings (SSSR count). The van der Waals surface area contributed by atoms with E-state index in [9.17, 15) is 9.59 Å². The number of carbonyl (C=O) groups excluding carboxylic acids is 2. The van der Waals surface area contributed by atoms with Gasteiger partial charge >= 0.3 is 0 Å². The average Bonchev–Trinajstić information content (AvgIpc) is 2.64. The molecule has 0 aliphatic heterocycles. The summed E-state index contributed by atoms with van der Waals surface area (Å²) in [4.78, 5) is 26.6. The Morgan fingerprint density at radius 3 is 1.25 bits per heavy atom. The minimum Gasteiger partial charge on any atom is -0.409 e. The lowest BCUT2D eigenvalue weighted by molar-refractivity contribution is -0.139. The molecule has 0 unspecified atom stereocenters. The summed E-state index contributed by atoms with van der Waals surface area (Å²) in [5.41, 5.74) is 2.00. The second kappa shape index (κ2) is 8.15. The van der Waals surface area contributed by atoms with E-state index in [2.05, 4.69) is 79.9 Å². The molecule has 0 saturated carbocycles. The van der Waals surface area contributed by atoms with Gasteiger partial charge in [0.15, 0.2) is 28.2 Å². The molecule has 176 valence electrons. The van der Waals surface area contributed by atoms with E-state index in [-0.39, 0.29) is 21.6 Å². The Hall–Kier alpha value is -1.35. The van der Waals surface area contributed by atoms with Crippen LogP contribution in [0.5, 0.6) is 0 Å². The van der Waals surface area contributed by atoms with Gasteiger partial charge in [0.25, 0.3) is 0 Å². The largest absolute Gasteiger partial charge is 0.409 e. The van der Waals surface area contributed by atoms with E-state index >= 15 is 0 Å². The maximum absolute atomic E-state index is 13.3. The van der Waals surface area contributed by atoms with E-state index in [0.29, 0.717) is 0 Å². The van der Waals surface area contributed by atoms with Crippen molar-refractivity contribution in [3.05, 3.63) is 47.5 Å². The Balaban J connectivity index is 2.18. The molecule has 0 bridgehead atoms. The number of benzene rings is 1. The van der Waals surface area contributed by atoms with Crippen molar-refractivity contribution in [2.75, 3.05) is 0 Å². The fourth-order valence-electron chi connectivity index (χ4n) is 4.09. The number of hydrogen-bond acceptors (Lipinski definition) is 4. The van der Waals surface area contributed by atoms with Crippen LogP contribution in [0, 0.1) is 11.8 Å². The lowest BCUT2D eigenvalue weighted by Gasteiger charge is -2.50. The quantitative estimate of drug-likeness (QED) is 0.454. The molecule has 1 aromatic carbocycles. The van der Waals surface area contributed by atoms with Gasteiger partial charge in [0, 0.05) is 0 Å². The zero-order valence-corrected chi connectivity index (χ0v) is 23.4. The van der Waals surface area contributed by atoms with Crippen LogP contribution in [0.4, 0.5) is 0 Å². The molecule has 0 heterocycles. The smallest absolute Gasteiger partial charge is 0.192 e. The van der Waals surface area contributed by atoms with Crippen LogP contribution < -0.4 is 0 Å². The Kier molecular flexibility index (Phi) is 6.44. The van der Waals surface area contributed by atoms with Gasteiger partial charge in [-0.2, -0.15) is 0 Å². The van der Waals surface area contributed by atoms with E-state index < -0.39 is 40.7 Å². The maximum atomic E-state index is 13.3. The number of carbonyl (C=O) groups is 2. The van der Waals surface area contributed by atoms with Crippen molar-refractivity contribution in [1.29, 1.82) is 0 Å². The fourth-order valence-corrected chi connectivity index (χ4v) is 6.62. The van der Waals surface area contributed by atoms with Gasteiger partial charge in [0.05, 0.1) is 24.0 Å². The highest BCUT2D eigenvalue weighted by Gasteiger charge is 2.55. The number of fused-ring (bicyclic) bond motifs is 2. The number of rotatable bonds is 4. The van der Waals surface area contributed by atoms with E-state index in [4.69, 9.17) is 8.85 Å². The molecule has 0 saturated heterocycles. The summed E-state index contributed by atoms with van der Waals surface area (Å²) in [7, 11) is -4.41. The first-order valence-electron chi connectivity index (χ1n) is 11.7. The highest BCUT2D eigenvalue weighted by molar-refractivity contribution is 6.74. The number of hydrogen-bond donors (Lipinski definition) is 0. The second-order valence-corrected chi connectivity index (χ2v) is 21.9. The lowest BCUT2D eigenvalue weighted by Crippen LogP contribution is -2.52. The average molecular weight is 473 g/mol. The van der Waals surface area contributed by atoms with Gasteiger partial charge in [0.1, 0.15) is 0 Å². The van der Waals surface area contributed by atoms with Crippen LogP contribution in [0.15, 0.2) is 36.4 Å². The molecular formula is C26H40O4Si2. The molecule has 0 fully saturated rings. The fraction of sp³-hybridized carbons (Fsp3) is 0.615. The molecular weight excluding hydrogens is 432 g/mol. The van der Waals surface area contributed by atoms with Gasteiger partial charge in [0.2, 0.25) is 0 Å². The highest BCUT2D eigenvalue weighted by atomic mass is 28.4. The number of allylic oxidation sites excluding steroid dienone is 2.